The molecule has 0 aliphatic rings. The number of aliphatic carboxylic acids is 1. The van der Waals surface area contributed by atoms with Crippen molar-refractivity contribution in [3.63, 3.8) is 0 Å². The standard InChI is InChI=1S/C14H12FN3O3/c15-11-3-1-2-10(6-11)4-5-13(19)17-12-7-16-18(8-12)9-14(20)21/h1-8H,9H2,(H,17,19)(H,20,21)/b5-4+. The number of anilines is 1. The van der Waals surface area contributed by atoms with Crippen molar-refractivity contribution < 1.29 is 19.1 Å². The van der Waals surface area contributed by atoms with Gasteiger partial charge in [0.25, 0.3) is 0 Å². The Morgan fingerprint density at radius 3 is 2.95 bits per heavy atom. The number of carboxylic acids is 1. The Balaban J connectivity index is 1.95. The summed E-state index contributed by atoms with van der Waals surface area (Å²) in [6, 6.07) is 5.82. The molecular weight excluding hydrogens is 277 g/mol. The van der Waals surface area contributed by atoms with Gasteiger partial charge in [-0.25, -0.2) is 4.39 Å². The summed E-state index contributed by atoms with van der Waals surface area (Å²) in [5.41, 5.74) is 0.942. The number of hydrogen-bond acceptors (Lipinski definition) is 3. The molecule has 1 aromatic carbocycles. The highest BCUT2D eigenvalue weighted by atomic mass is 19.1. The smallest absolute Gasteiger partial charge is 0.325 e. The van der Waals surface area contributed by atoms with Crippen LogP contribution in [0.2, 0.25) is 0 Å². The van der Waals surface area contributed by atoms with Gasteiger partial charge in [0.2, 0.25) is 5.91 Å². The topological polar surface area (TPSA) is 84.2 Å². The highest BCUT2D eigenvalue weighted by Crippen LogP contribution is 2.07. The fourth-order valence-electron chi connectivity index (χ4n) is 1.62. The van der Waals surface area contributed by atoms with E-state index >= 15 is 0 Å². The van der Waals surface area contributed by atoms with E-state index in [4.69, 9.17) is 5.11 Å². The van der Waals surface area contributed by atoms with Crippen LogP contribution in [0.1, 0.15) is 5.56 Å². The molecule has 0 unspecified atom stereocenters. The number of halogens is 1. The molecule has 0 saturated heterocycles. The van der Waals surface area contributed by atoms with Gasteiger partial charge < -0.3 is 10.4 Å². The zero-order valence-corrected chi connectivity index (χ0v) is 10.9. The highest BCUT2D eigenvalue weighted by Gasteiger charge is 2.04. The Hall–Kier alpha value is -2.96. The van der Waals surface area contributed by atoms with E-state index < -0.39 is 11.9 Å². The van der Waals surface area contributed by atoms with Crippen molar-refractivity contribution in [3.05, 3.63) is 54.1 Å². The van der Waals surface area contributed by atoms with E-state index in [1.807, 2.05) is 0 Å². The van der Waals surface area contributed by atoms with Gasteiger partial charge in [0.1, 0.15) is 12.4 Å². The number of carbonyl (C=O) groups is 2. The fraction of sp³-hybridized carbons (Fsp3) is 0.0714. The minimum absolute atomic E-state index is 0.283. The maximum atomic E-state index is 13.0. The lowest BCUT2D eigenvalue weighted by molar-refractivity contribution is -0.137. The third-order valence-corrected chi connectivity index (χ3v) is 2.47. The summed E-state index contributed by atoms with van der Waals surface area (Å²) in [6.07, 6.45) is 5.47. The maximum Gasteiger partial charge on any atom is 0.325 e. The van der Waals surface area contributed by atoms with Crippen LogP contribution in [-0.4, -0.2) is 26.8 Å². The molecule has 108 valence electrons. The second-order valence-electron chi connectivity index (χ2n) is 4.20. The largest absolute Gasteiger partial charge is 0.480 e. The van der Waals surface area contributed by atoms with E-state index in [1.165, 1.54) is 41.4 Å². The molecular formula is C14H12FN3O3. The van der Waals surface area contributed by atoms with Crippen LogP contribution in [0.5, 0.6) is 0 Å². The number of carboxylic acid groups (broad SMARTS) is 1. The molecule has 0 bridgehead atoms. The Labute approximate surface area is 119 Å². The van der Waals surface area contributed by atoms with Crippen LogP contribution in [0.15, 0.2) is 42.7 Å². The lowest BCUT2D eigenvalue weighted by atomic mass is 10.2. The number of nitrogens with zero attached hydrogens (tertiary/aromatic N) is 2. The molecule has 2 aromatic rings. The van der Waals surface area contributed by atoms with E-state index in [1.54, 1.807) is 12.1 Å². The number of nitrogens with one attached hydrogen (secondary N) is 1. The third kappa shape index (κ3) is 4.57. The van der Waals surface area contributed by atoms with Crippen molar-refractivity contribution in [2.24, 2.45) is 0 Å². The van der Waals surface area contributed by atoms with Crippen molar-refractivity contribution in [2.45, 2.75) is 6.54 Å². The second-order valence-corrected chi connectivity index (χ2v) is 4.20. The van der Waals surface area contributed by atoms with Gasteiger partial charge >= 0.3 is 5.97 Å². The molecule has 21 heavy (non-hydrogen) atoms. The summed E-state index contributed by atoms with van der Waals surface area (Å²) in [7, 11) is 0. The zero-order valence-electron chi connectivity index (χ0n) is 10.9. The van der Waals surface area contributed by atoms with Crippen molar-refractivity contribution in [1.82, 2.24) is 9.78 Å². The lowest BCUT2D eigenvalue weighted by Crippen LogP contribution is -2.09. The van der Waals surface area contributed by atoms with E-state index in [2.05, 4.69) is 10.4 Å². The molecule has 0 aliphatic carbocycles. The van der Waals surface area contributed by atoms with Crippen LogP contribution in [0.3, 0.4) is 0 Å². The van der Waals surface area contributed by atoms with Crippen LogP contribution in [0.4, 0.5) is 10.1 Å². The summed E-state index contributed by atoms with van der Waals surface area (Å²) in [6.45, 7) is -0.283. The zero-order chi connectivity index (χ0) is 15.2. The van der Waals surface area contributed by atoms with Crippen LogP contribution in [0.25, 0.3) is 6.08 Å². The number of carbonyl (C=O) groups excluding carboxylic acids is 1. The van der Waals surface area contributed by atoms with E-state index in [0.717, 1.165) is 0 Å². The molecule has 1 amide bonds. The maximum absolute atomic E-state index is 13.0. The van der Waals surface area contributed by atoms with Crippen molar-refractivity contribution in [3.8, 4) is 0 Å². The molecule has 0 saturated carbocycles. The molecule has 0 aliphatic heterocycles. The molecule has 6 nitrogen and oxygen atoms in total. The Kier molecular flexibility index (Phi) is 4.45. The molecule has 0 atom stereocenters. The molecule has 1 heterocycles. The summed E-state index contributed by atoms with van der Waals surface area (Å²) < 4.78 is 14.1. The monoisotopic (exact) mass is 289 g/mol. The molecule has 0 fully saturated rings. The van der Waals surface area contributed by atoms with Gasteiger partial charge in [-0.3, -0.25) is 14.3 Å². The first-order valence-electron chi connectivity index (χ1n) is 6.02. The number of aromatic nitrogens is 2. The Morgan fingerprint density at radius 1 is 1.43 bits per heavy atom. The number of hydrogen-bond donors (Lipinski definition) is 2. The molecule has 1 aromatic heterocycles. The summed E-state index contributed by atoms with van der Waals surface area (Å²) in [5.74, 6) is -1.83. The van der Waals surface area contributed by atoms with Gasteiger partial charge in [0.15, 0.2) is 0 Å². The van der Waals surface area contributed by atoms with Gasteiger partial charge in [-0.05, 0) is 23.8 Å². The Bertz CT molecular complexity index is 694. The van der Waals surface area contributed by atoms with Crippen molar-refractivity contribution >= 4 is 23.6 Å². The minimum atomic E-state index is -1.03. The normalized spacial score (nSPS) is 10.7. The molecule has 0 radical (unpaired) electrons. The van der Waals surface area contributed by atoms with E-state index in [9.17, 15) is 14.0 Å². The van der Waals surface area contributed by atoms with Gasteiger partial charge in [-0.15, -0.1) is 0 Å². The van der Waals surface area contributed by atoms with Crippen molar-refractivity contribution in [2.75, 3.05) is 5.32 Å². The minimum Gasteiger partial charge on any atom is -0.480 e. The summed E-state index contributed by atoms with van der Waals surface area (Å²) in [4.78, 5) is 22.2. The average Bonchev–Trinajstić information content (AvgIpc) is 2.83. The van der Waals surface area contributed by atoms with Gasteiger partial charge in [0, 0.05) is 12.3 Å². The summed E-state index contributed by atoms with van der Waals surface area (Å²) in [5, 5.41) is 14.9. The van der Waals surface area contributed by atoms with E-state index in [-0.39, 0.29) is 12.4 Å². The second kappa shape index (κ2) is 6.47. The van der Waals surface area contributed by atoms with Gasteiger partial charge in [-0.2, -0.15) is 5.10 Å². The van der Waals surface area contributed by atoms with Crippen LogP contribution in [-0.2, 0) is 16.1 Å². The highest BCUT2D eigenvalue weighted by molar-refractivity contribution is 6.01. The quantitative estimate of drug-likeness (QED) is 0.821. The fourth-order valence-corrected chi connectivity index (χ4v) is 1.62. The number of amides is 1. The van der Waals surface area contributed by atoms with E-state index in [0.29, 0.717) is 11.3 Å². The predicted molar refractivity (Wildman–Crippen MR) is 73.9 cm³/mol. The van der Waals surface area contributed by atoms with Gasteiger partial charge in [-0.1, -0.05) is 12.1 Å². The van der Waals surface area contributed by atoms with Crippen LogP contribution >= 0.6 is 0 Å². The van der Waals surface area contributed by atoms with Gasteiger partial charge in [0.05, 0.1) is 11.9 Å². The lowest BCUT2D eigenvalue weighted by Gasteiger charge is -1.97. The first-order chi connectivity index (χ1) is 10.0. The summed E-state index contributed by atoms with van der Waals surface area (Å²) >= 11 is 0. The average molecular weight is 289 g/mol. The van der Waals surface area contributed by atoms with Crippen molar-refractivity contribution in [1.29, 1.82) is 0 Å². The number of rotatable bonds is 5. The van der Waals surface area contributed by atoms with Crippen LogP contribution in [0, 0.1) is 5.82 Å². The number of benzene rings is 1. The Morgan fingerprint density at radius 2 is 2.24 bits per heavy atom. The molecule has 2 rings (SSSR count). The third-order valence-electron chi connectivity index (χ3n) is 2.47. The molecule has 7 heteroatoms. The molecule has 2 N–H and O–H groups in total. The predicted octanol–water partition coefficient (Wildman–Crippen LogP) is 1.76. The first kappa shape index (κ1) is 14.4. The van der Waals surface area contributed by atoms with Crippen LogP contribution < -0.4 is 5.32 Å². The SMILES string of the molecule is O=C(O)Cn1cc(NC(=O)/C=C/c2cccc(F)c2)cn1. The molecule has 0 spiro atoms. The first-order valence-corrected chi connectivity index (χ1v) is 6.02.